The fourth-order valence-electron chi connectivity index (χ4n) is 1.41. The average molecular weight is 264 g/mol. The van der Waals surface area contributed by atoms with Crippen molar-refractivity contribution in [1.29, 1.82) is 0 Å². The van der Waals surface area contributed by atoms with Crippen molar-refractivity contribution in [2.75, 3.05) is 0 Å². The van der Waals surface area contributed by atoms with Gasteiger partial charge in [-0.2, -0.15) is 13.2 Å². The van der Waals surface area contributed by atoms with Gasteiger partial charge in [0.15, 0.2) is 0 Å². The second kappa shape index (κ2) is 5.19. The number of rotatable bonds is 4. The summed E-state index contributed by atoms with van der Waals surface area (Å²) in [4.78, 5) is 27.9. The van der Waals surface area contributed by atoms with Crippen molar-refractivity contribution < 1.29 is 23.1 Å². The van der Waals surface area contributed by atoms with E-state index in [4.69, 9.17) is 5.11 Å². The molecule has 0 aliphatic rings. The highest BCUT2D eigenvalue weighted by Gasteiger charge is 2.27. The summed E-state index contributed by atoms with van der Waals surface area (Å²) >= 11 is 0. The molecule has 0 aromatic carbocycles. The minimum atomic E-state index is -4.33. The fourth-order valence-corrected chi connectivity index (χ4v) is 1.41. The van der Waals surface area contributed by atoms with Gasteiger partial charge in [0, 0.05) is 17.7 Å². The third-order valence-electron chi connectivity index (χ3n) is 2.24. The minimum absolute atomic E-state index is 0.0433. The number of hydrogen-bond acceptors (Lipinski definition) is 3. The lowest BCUT2D eigenvalue weighted by atomic mass is 10.1. The molecule has 1 rings (SSSR count). The third kappa shape index (κ3) is 4.19. The van der Waals surface area contributed by atoms with E-state index >= 15 is 0 Å². The molecular formula is C10H11F3N2O3. The summed E-state index contributed by atoms with van der Waals surface area (Å²) in [5.74, 6) is -1.29. The van der Waals surface area contributed by atoms with Gasteiger partial charge in [-0.25, -0.2) is 4.98 Å². The van der Waals surface area contributed by atoms with Gasteiger partial charge >= 0.3 is 12.1 Å². The first-order chi connectivity index (χ1) is 8.19. The number of aryl methyl sites for hydroxylation is 2. The number of alkyl halides is 3. The molecule has 0 atom stereocenters. The van der Waals surface area contributed by atoms with Gasteiger partial charge < -0.3 is 10.1 Å². The second-order valence-corrected chi connectivity index (χ2v) is 3.76. The fraction of sp³-hybridized carbons (Fsp3) is 0.500. The van der Waals surface area contributed by atoms with E-state index in [2.05, 4.69) is 9.97 Å². The Morgan fingerprint density at radius 1 is 1.44 bits per heavy atom. The predicted octanol–water partition coefficient (Wildman–Crippen LogP) is 1.20. The van der Waals surface area contributed by atoms with Crippen LogP contribution in [0.2, 0.25) is 0 Å². The highest BCUT2D eigenvalue weighted by molar-refractivity contribution is 5.70. The van der Waals surface area contributed by atoms with Crippen molar-refractivity contribution in [3.63, 3.8) is 0 Å². The molecule has 0 aliphatic heterocycles. The van der Waals surface area contributed by atoms with Crippen molar-refractivity contribution in [1.82, 2.24) is 9.97 Å². The Morgan fingerprint density at radius 3 is 2.50 bits per heavy atom. The van der Waals surface area contributed by atoms with Gasteiger partial charge in [-0.3, -0.25) is 9.59 Å². The van der Waals surface area contributed by atoms with Crippen LogP contribution in [0.4, 0.5) is 13.2 Å². The molecule has 0 saturated carbocycles. The number of hydrogen-bond donors (Lipinski definition) is 2. The summed E-state index contributed by atoms with van der Waals surface area (Å²) in [6.45, 7) is 1.39. The number of nitrogens with one attached hydrogen (secondary N) is 1. The highest BCUT2D eigenvalue weighted by Crippen LogP contribution is 2.20. The lowest BCUT2D eigenvalue weighted by Gasteiger charge is -2.07. The van der Waals surface area contributed by atoms with Gasteiger partial charge in [-0.05, 0) is 6.92 Å². The second-order valence-electron chi connectivity index (χ2n) is 3.76. The van der Waals surface area contributed by atoms with Crippen molar-refractivity contribution in [3.05, 3.63) is 27.4 Å². The topological polar surface area (TPSA) is 83.0 Å². The molecule has 0 saturated heterocycles. The standard InChI is InChI=1S/C10H11F3N2O3/c1-5-6(4-8(16)17)9(18)15-7(14-5)2-3-10(11,12)13/h2-4H2,1H3,(H,16,17)(H,14,15,18). The molecule has 0 bridgehead atoms. The minimum Gasteiger partial charge on any atom is -0.481 e. The van der Waals surface area contributed by atoms with Gasteiger partial charge in [-0.1, -0.05) is 0 Å². The zero-order chi connectivity index (χ0) is 13.9. The van der Waals surface area contributed by atoms with Gasteiger partial charge in [0.05, 0.1) is 12.8 Å². The zero-order valence-electron chi connectivity index (χ0n) is 9.47. The summed E-state index contributed by atoms with van der Waals surface area (Å²) < 4.78 is 36.0. The number of carboxylic acids is 1. The quantitative estimate of drug-likeness (QED) is 0.856. The van der Waals surface area contributed by atoms with Crippen molar-refractivity contribution in [2.45, 2.75) is 32.4 Å². The summed E-state index contributed by atoms with van der Waals surface area (Å²) in [6, 6.07) is 0. The summed E-state index contributed by atoms with van der Waals surface area (Å²) in [5, 5.41) is 8.57. The van der Waals surface area contributed by atoms with Crippen LogP contribution in [0, 0.1) is 6.92 Å². The molecule has 0 unspecified atom stereocenters. The molecular weight excluding hydrogens is 253 g/mol. The van der Waals surface area contributed by atoms with E-state index < -0.39 is 37.0 Å². The maximum atomic E-state index is 12.0. The van der Waals surface area contributed by atoms with E-state index in [0.29, 0.717) is 0 Å². The van der Waals surface area contributed by atoms with Crippen LogP contribution in [0.3, 0.4) is 0 Å². The molecule has 0 amide bonds. The SMILES string of the molecule is Cc1nc(CCC(F)(F)F)[nH]c(=O)c1CC(=O)O. The largest absolute Gasteiger partial charge is 0.481 e. The monoisotopic (exact) mass is 264 g/mol. The number of aliphatic carboxylic acids is 1. The highest BCUT2D eigenvalue weighted by atomic mass is 19.4. The Bertz CT molecular complexity index is 508. The Balaban J connectivity index is 2.93. The van der Waals surface area contributed by atoms with Gasteiger partial charge in [-0.15, -0.1) is 0 Å². The molecule has 0 aliphatic carbocycles. The molecule has 1 aromatic heterocycles. The Hall–Kier alpha value is -1.86. The molecule has 5 nitrogen and oxygen atoms in total. The lowest BCUT2D eigenvalue weighted by Crippen LogP contribution is -2.22. The number of halogens is 3. The number of nitrogens with zero attached hydrogens (tertiary/aromatic N) is 1. The third-order valence-corrected chi connectivity index (χ3v) is 2.24. The predicted molar refractivity (Wildman–Crippen MR) is 55.3 cm³/mol. The van der Waals surface area contributed by atoms with Crippen LogP contribution in [-0.2, 0) is 17.6 Å². The number of aromatic nitrogens is 2. The maximum absolute atomic E-state index is 12.0. The number of carboxylic acid groups (broad SMARTS) is 1. The van der Waals surface area contributed by atoms with E-state index in [-0.39, 0.29) is 17.1 Å². The molecule has 2 N–H and O–H groups in total. The van der Waals surface area contributed by atoms with Crippen LogP contribution in [-0.4, -0.2) is 27.2 Å². The zero-order valence-corrected chi connectivity index (χ0v) is 9.47. The lowest BCUT2D eigenvalue weighted by molar-refractivity contribution is -0.136. The van der Waals surface area contributed by atoms with Crippen molar-refractivity contribution in [2.24, 2.45) is 0 Å². The van der Waals surface area contributed by atoms with Crippen LogP contribution in [0.5, 0.6) is 0 Å². The molecule has 8 heteroatoms. The summed E-state index contributed by atoms with van der Waals surface area (Å²) in [5.41, 5.74) is -0.612. The normalized spacial score (nSPS) is 11.6. The molecule has 0 fully saturated rings. The van der Waals surface area contributed by atoms with E-state index in [1.54, 1.807) is 0 Å². The van der Waals surface area contributed by atoms with Crippen LogP contribution in [0.15, 0.2) is 4.79 Å². The number of aromatic amines is 1. The van der Waals surface area contributed by atoms with Gasteiger partial charge in [0.25, 0.3) is 5.56 Å². The summed E-state index contributed by atoms with van der Waals surface area (Å²) in [7, 11) is 0. The van der Waals surface area contributed by atoms with Crippen LogP contribution < -0.4 is 5.56 Å². The summed E-state index contributed by atoms with van der Waals surface area (Å²) in [6.07, 6.45) is -6.36. The van der Waals surface area contributed by atoms with E-state index in [1.165, 1.54) is 6.92 Å². The Morgan fingerprint density at radius 2 is 2.06 bits per heavy atom. The van der Waals surface area contributed by atoms with Crippen LogP contribution >= 0.6 is 0 Å². The molecule has 18 heavy (non-hydrogen) atoms. The van der Waals surface area contributed by atoms with Crippen LogP contribution in [0.25, 0.3) is 0 Å². The maximum Gasteiger partial charge on any atom is 0.389 e. The molecule has 0 radical (unpaired) electrons. The molecule has 1 heterocycles. The van der Waals surface area contributed by atoms with Crippen molar-refractivity contribution >= 4 is 5.97 Å². The number of H-pyrrole nitrogens is 1. The van der Waals surface area contributed by atoms with E-state index in [1.807, 2.05) is 0 Å². The molecule has 100 valence electrons. The number of carbonyl (C=O) groups is 1. The van der Waals surface area contributed by atoms with Gasteiger partial charge in [0.2, 0.25) is 0 Å². The first-order valence-corrected chi connectivity index (χ1v) is 5.06. The molecule has 1 aromatic rings. The van der Waals surface area contributed by atoms with Crippen molar-refractivity contribution in [3.8, 4) is 0 Å². The Labute approximate surface area is 99.7 Å². The first kappa shape index (κ1) is 14.2. The first-order valence-electron chi connectivity index (χ1n) is 5.06. The Kier molecular flexibility index (Phi) is 4.10. The molecule has 0 spiro atoms. The van der Waals surface area contributed by atoms with E-state index in [9.17, 15) is 22.8 Å². The van der Waals surface area contributed by atoms with Gasteiger partial charge in [0.1, 0.15) is 5.82 Å². The van der Waals surface area contributed by atoms with Crippen LogP contribution in [0.1, 0.15) is 23.5 Å². The average Bonchev–Trinajstić information content (AvgIpc) is 2.19. The smallest absolute Gasteiger partial charge is 0.389 e. The van der Waals surface area contributed by atoms with E-state index in [0.717, 1.165) is 0 Å².